The van der Waals surface area contributed by atoms with Gasteiger partial charge in [-0.05, 0) is 24.3 Å². The lowest BCUT2D eigenvalue weighted by Gasteiger charge is -2.12. The molecule has 29 heavy (non-hydrogen) atoms. The molecule has 0 radical (unpaired) electrons. The first-order valence-electron chi connectivity index (χ1n) is 8.27. The van der Waals surface area contributed by atoms with Crippen molar-refractivity contribution < 1.29 is 18.0 Å². The third kappa shape index (κ3) is 3.70. The maximum absolute atomic E-state index is 12.9. The zero-order valence-corrected chi connectivity index (χ0v) is 16.0. The number of rotatable bonds is 3. The van der Waals surface area contributed by atoms with Crippen molar-refractivity contribution in [3.8, 4) is 0 Å². The van der Waals surface area contributed by atoms with Crippen LogP contribution in [0.2, 0.25) is 5.02 Å². The Kier molecular flexibility index (Phi) is 4.79. The van der Waals surface area contributed by atoms with Gasteiger partial charge in [0.2, 0.25) is 5.91 Å². The first-order valence-corrected chi connectivity index (χ1v) is 9.47. The molecule has 0 unspecified atom stereocenters. The van der Waals surface area contributed by atoms with Crippen LogP contribution in [0.5, 0.6) is 0 Å². The van der Waals surface area contributed by atoms with Crippen LogP contribution in [0.25, 0.3) is 20.3 Å². The Hall–Kier alpha value is -2.91. The summed E-state index contributed by atoms with van der Waals surface area (Å²) in [5.74, 6) is -0.699. The van der Waals surface area contributed by atoms with Gasteiger partial charge in [0.1, 0.15) is 11.2 Å². The molecule has 0 saturated heterocycles. The zero-order chi connectivity index (χ0) is 20.8. The largest absolute Gasteiger partial charge is 0.416 e. The van der Waals surface area contributed by atoms with E-state index < -0.39 is 29.8 Å². The van der Waals surface area contributed by atoms with E-state index in [0.29, 0.717) is 10.2 Å². The SMILES string of the molecule is O=C(Cn1cnc2c(sc3ccccc32)c1=O)Nc1cc(C(F)(F)F)ccc1Cl. The number of nitrogens with zero attached hydrogens (tertiary/aromatic N) is 2. The average Bonchev–Trinajstić information content (AvgIpc) is 3.04. The molecule has 1 amide bonds. The molecule has 2 aromatic heterocycles. The lowest BCUT2D eigenvalue weighted by Crippen LogP contribution is -2.27. The average molecular weight is 438 g/mol. The van der Waals surface area contributed by atoms with Gasteiger partial charge in [-0.3, -0.25) is 14.2 Å². The fourth-order valence-electron chi connectivity index (χ4n) is 2.87. The Morgan fingerprint density at radius 1 is 1.21 bits per heavy atom. The van der Waals surface area contributed by atoms with Gasteiger partial charge in [-0.15, -0.1) is 11.3 Å². The van der Waals surface area contributed by atoms with Crippen molar-refractivity contribution in [1.29, 1.82) is 0 Å². The minimum absolute atomic E-state index is 0.0446. The van der Waals surface area contributed by atoms with Gasteiger partial charge >= 0.3 is 6.18 Å². The lowest BCUT2D eigenvalue weighted by molar-refractivity contribution is -0.137. The second-order valence-electron chi connectivity index (χ2n) is 6.19. The number of carbonyl (C=O) groups is 1. The van der Waals surface area contributed by atoms with Gasteiger partial charge in [-0.2, -0.15) is 13.2 Å². The number of hydrogen-bond donors (Lipinski definition) is 1. The van der Waals surface area contributed by atoms with E-state index in [2.05, 4.69) is 10.3 Å². The van der Waals surface area contributed by atoms with Crippen molar-refractivity contribution in [1.82, 2.24) is 9.55 Å². The summed E-state index contributed by atoms with van der Waals surface area (Å²) in [7, 11) is 0. The molecule has 0 spiro atoms. The molecule has 0 fully saturated rings. The molecule has 1 N–H and O–H groups in total. The molecule has 2 heterocycles. The number of nitrogens with one attached hydrogen (secondary N) is 1. The van der Waals surface area contributed by atoms with Gasteiger partial charge < -0.3 is 5.32 Å². The predicted octanol–water partition coefficient (Wildman–Crippen LogP) is 4.92. The number of aromatic nitrogens is 2. The molecule has 4 aromatic rings. The van der Waals surface area contributed by atoms with E-state index in [1.807, 2.05) is 24.3 Å². The van der Waals surface area contributed by atoms with Crippen molar-refractivity contribution in [3.63, 3.8) is 0 Å². The van der Waals surface area contributed by atoms with E-state index in [1.54, 1.807) is 0 Å². The van der Waals surface area contributed by atoms with Crippen LogP contribution in [0.3, 0.4) is 0 Å². The van der Waals surface area contributed by atoms with Crippen molar-refractivity contribution in [3.05, 3.63) is 69.7 Å². The zero-order valence-electron chi connectivity index (χ0n) is 14.5. The summed E-state index contributed by atoms with van der Waals surface area (Å²) < 4.78 is 41.0. The Bertz CT molecular complexity index is 1310. The summed E-state index contributed by atoms with van der Waals surface area (Å²) in [6, 6.07) is 10.0. The molecule has 2 aromatic carbocycles. The summed E-state index contributed by atoms with van der Waals surface area (Å²) in [6.45, 7) is -0.414. The first kappa shape index (κ1) is 19.4. The maximum atomic E-state index is 12.9. The summed E-state index contributed by atoms with van der Waals surface area (Å²) in [5, 5.41) is 3.12. The fourth-order valence-corrected chi connectivity index (χ4v) is 4.14. The molecule has 0 aliphatic heterocycles. The van der Waals surface area contributed by atoms with Crippen LogP contribution in [-0.2, 0) is 17.5 Å². The third-order valence-corrected chi connectivity index (χ3v) is 5.71. The maximum Gasteiger partial charge on any atom is 0.416 e. The Balaban J connectivity index is 1.62. The smallest absolute Gasteiger partial charge is 0.323 e. The summed E-state index contributed by atoms with van der Waals surface area (Å²) in [5.41, 5.74) is -0.979. The quantitative estimate of drug-likeness (QED) is 0.494. The second-order valence-corrected chi connectivity index (χ2v) is 7.65. The number of fused-ring (bicyclic) bond motifs is 3. The van der Waals surface area contributed by atoms with E-state index in [4.69, 9.17) is 11.6 Å². The normalized spacial score (nSPS) is 11.9. The van der Waals surface area contributed by atoms with Crippen LogP contribution < -0.4 is 10.9 Å². The molecule has 4 rings (SSSR count). The monoisotopic (exact) mass is 437 g/mol. The molecule has 0 aliphatic carbocycles. The van der Waals surface area contributed by atoms with Crippen LogP contribution in [-0.4, -0.2) is 15.5 Å². The Labute approximate surface area is 170 Å². The van der Waals surface area contributed by atoms with Crippen LogP contribution in [0.15, 0.2) is 53.6 Å². The summed E-state index contributed by atoms with van der Waals surface area (Å²) in [6.07, 6.45) is -3.33. The molecular formula is C19H11ClF3N3O2S. The second kappa shape index (κ2) is 7.16. The fraction of sp³-hybridized carbons (Fsp3) is 0.105. The van der Waals surface area contributed by atoms with E-state index >= 15 is 0 Å². The van der Waals surface area contributed by atoms with Crippen LogP contribution in [0.1, 0.15) is 5.56 Å². The van der Waals surface area contributed by atoms with Crippen molar-refractivity contribution in [2.75, 3.05) is 5.32 Å². The first-order chi connectivity index (χ1) is 13.7. The standard InChI is InChI=1S/C19H11ClF3N3O2S/c20-12-6-5-10(19(21,22)23)7-13(12)25-15(27)8-26-9-24-16-11-3-1-2-4-14(11)29-17(16)18(26)28/h1-7,9H,8H2,(H,25,27). The Morgan fingerprint density at radius 2 is 1.97 bits per heavy atom. The molecule has 5 nitrogen and oxygen atoms in total. The molecule has 0 bridgehead atoms. The molecule has 0 saturated carbocycles. The number of halogens is 4. The number of amides is 1. The van der Waals surface area contributed by atoms with Crippen LogP contribution in [0.4, 0.5) is 18.9 Å². The molecule has 148 valence electrons. The highest BCUT2D eigenvalue weighted by molar-refractivity contribution is 7.25. The predicted molar refractivity (Wildman–Crippen MR) is 106 cm³/mol. The van der Waals surface area contributed by atoms with Crippen molar-refractivity contribution in [2.45, 2.75) is 12.7 Å². The number of thiophene rings is 1. The van der Waals surface area contributed by atoms with E-state index in [9.17, 15) is 22.8 Å². The van der Waals surface area contributed by atoms with Gasteiger partial charge in [0.15, 0.2) is 0 Å². The Morgan fingerprint density at radius 3 is 2.72 bits per heavy atom. The van der Waals surface area contributed by atoms with Gasteiger partial charge in [0.25, 0.3) is 5.56 Å². The highest BCUT2D eigenvalue weighted by atomic mass is 35.5. The number of carbonyl (C=O) groups excluding carboxylic acids is 1. The van der Waals surface area contributed by atoms with Gasteiger partial charge in [0.05, 0.1) is 28.1 Å². The molecular weight excluding hydrogens is 427 g/mol. The van der Waals surface area contributed by atoms with Gasteiger partial charge in [0, 0.05) is 10.1 Å². The van der Waals surface area contributed by atoms with E-state index in [1.165, 1.54) is 17.7 Å². The highest BCUT2D eigenvalue weighted by Gasteiger charge is 2.31. The topological polar surface area (TPSA) is 64.0 Å². The molecule has 10 heteroatoms. The number of alkyl halides is 3. The summed E-state index contributed by atoms with van der Waals surface area (Å²) in [4.78, 5) is 29.3. The molecule has 0 atom stereocenters. The van der Waals surface area contributed by atoms with Gasteiger partial charge in [-0.25, -0.2) is 4.98 Å². The van der Waals surface area contributed by atoms with Crippen molar-refractivity contribution >= 4 is 54.8 Å². The van der Waals surface area contributed by atoms with Crippen molar-refractivity contribution in [2.24, 2.45) is 0 Å². The number of hydrogen-bond acceptors (Lipinski definition) is 4. The lowest BCUT2D eigenvalue weighted by atomic mass is 10.2. The number of benzene rings is 2. The van der Waals surface area contributed by atoms with Crippen LogP contribution >= 0.6 is 22.9 Å². The third-order valence-electron chi connectivity index (χ3n) is 4.23. The van der Waals surface area contributed by atoms with Crippen LogP contribution in [0, 0.1) is 0 Å². The van der Waals surface area contributed by atoms with E-state index in [0.717, 1.165) is 32.9 Å². The molecule has 0 aliphatic rings. The minimum atomic E-state index is -4.57. The van der Waals surface area contributed by atoms with E-state index in [-0.39, 0.29) is 10.7 Å². The highest BCUT2D eigenvalue weighted by Crippen LogP contribution is 2.34. The number of anilines is 1. The van der Waals surface area contributed by atoms with Gasteiger partial charge in [-0.1, -0.05) is 29.8 Å². The summed E-state index contributed by atoms with van der Waals surface area (Å²) >= 11 is 7.15. The minimum Gasteiger partial charge on any atom is -0.323 e.